The molecule has 0 aliphatic carbocycles. The number of hydrogen-bond donors (Lipinski definition) is 2. The van der Waals surface area contributed by atoms with Gasteiger partial charge in [-0.15, -0.1) is 12.4 Å². The molecule has 1 atom stereocenters. The van der Waals surface area contributed by atoms with E-state index >= 15 is 0 Å². The number of amides is 1. The molecule has 0 saturated carbocycles. The molecule has 1 aliphatic rings. The number of hydrogen-bond acceptors (Lipinski definition) is 5. The lowest BCUT2D eigenvalue weighted by Crippen LogP contribution is -2.58. The number of para-hydroxylation sites is 1. The molecule has 176 valence electrons. The number of carbonyl (C=O) groups excluding carboxylic acids is 1. The average Bonchev–Trinajstić information content (AvgIpc) is 2.82. The summed E-state index contributed by atoms with van der Waals surface area (Å²) in [4.78, 5) is 12.9. The van der Waals surface area contributed by atoms with E-state index in [0.29, 0.717) is 23.9 Å². The van der Waals surface area contributed by atoms with Crippen molar-refractivity contribution in [1.82, 2.24) is 14.9 Å². The van der Waals surface area contributed by atoms with Crippen LogP contribution in [0, 0.1) is 0 Å². The number of rotatable bonds is 6. The first-order valence-corrected chi connectivity index (χ1v) is 12.0. The molecule has 1 aliphatic heterocycles. The molecular formula is C23H25Cl2N3O4S. The fourth-order valence-electron chi connectivity index (χ4n) is 3.78. The second-order valence-electron chi connectivity index (χ2n) is 7.55. The monoisotopic (exact) mass is 509 g/mol. The first kappa shape index (κ1) is 25.3. The molecule has 1 fully saturated rings. The van der Waals surface area contributed by atoms with Gasteiger partial charge in [0.25, 0.3) is 0 Å². The topological polar surface area (TPSA) is 87.7 Å². The minimum atomic E-state index is -3.75. The summed E-state index contributed by atoms with van der Waals surface area (Å²) in [5.74, 6) is 0.426. The molecule has 0 aromatic heterocycles. The SMILES string of the molecule is COc1ccccc1CNC(=O)C1CN(S(=O)(=O)c2ccc3cc(Cl)ccc3c2)CCN1.Cl. The van der Waals surface area contributed by atoms with Crippen LogP contribution >= 0.6 is 24.0 Å². The van der Waals surface area contributed by atoms with E-state index in [2.05, 4.69) is 10.6 Å². The second kappa shape index (κ2) is 10.7. The van der Waals surface area contributed by atoms with E-state index in [-0.39, 0.29) is 36.3 Å². The maximum Gasteiger partial charge on any atom is 0.243 e. The predicted molar refractivity (Wildman–Crippen MR) is 132 cm³/mol. The van der Waals surface area contributed by atoms with Crippen molar-refractivity contribution in [2.75, 3.05) is 26.7 Å². The van der Waals surface area contributed by atoms with Gasteiger partial charge < -0.3 is 15.4 Å². The third kappa shape index (κ3) is 5.59. The number of fused-ring (bicyclic) bond motifs is 1. The van der Waals surface area contributed by atoms with E-state index in [9.17, 15) is 13.2 Å². The Balaban J connectivity index is 0.00000306. The molecule has 0 bridgehead atoms. The van der Waals surface area contributed by atoms with Crippen LogP contribution in [0.25, 0.3) is 10.8 Å². The van der Waals surface area contributed by atoms with Gasteiger partial charge >= 0.3 is 0 Å². The fourth-order valence-corrected chi connectivity index (χ4v) is 5.45. The van der Waals surface area contributed by atoms with Gasteiger partial charge in [-0.25, -0.2) is 8.42 Å². The van der Waals surface area contributed by atoms with Crippen LogP contribution in [0.1, 0.15) is 5.56 Å². The molecule has 7 nitrogen and oxygen atoms in total. The molecule has 2 N–H and O–H groups in total. The number of nitrogens with one attached hydrogen (secondary N) is 2. The second-order valence-corrected chi connectivity index (χ2v) is 9.93. The zero-order valence-corrected chi connectivity index (χ0v) is 20.3. The van der Waals surface area contributed by atoms with Crippen LogP contribution in [0.5, 0.6) is 5.75 Å². The lowest BCUT2D eigenvalue weighted by Gasteiger charge is -2.32. The summed E-state index contributed by atoms with van der Waals surface area (Å²) in [5, 5.41) is 8.23. The standard InChI is InChI=1S/C23H24ClN3O4S.ClH/c1-31-22-5-3-2-4-18(22)14-26-23(28)21-15-27(11-10-25-21)32(29,30)20-9-7-16-12-19(24)8-6-17(16)13-20;/h2-9,12-13,21,25H,10-11,14-15H2,1H3,(H,26,28);1H. The summed E-state index contributed by atoms with van der Waals surface area (Å²) in [7, 11) is -2.17. The van der Waals surface area contributed by atoms with Gasteiger partial charge in [0.2, 0.25) is 15.9 Å². The lowest BCUT2D eigenvalue weighted by atomic mass is 10.1. The van der Waals surface area contributed by atoms with Crippen molar-refractivity contribution in [3.8, 4) is 5.75 Å². The largest absolute Gasteiger partial charge is 0.496 e. The maximum atomic E-state index is 13.3. The van der Waals surface area contributed by atoms with Gasteiger partial charge in [0.15, 0.2) is 0 Å². The fraction of sp³-hybridized carbons (Fsp3) is 0.261. The van der Waals surface area contributed by atoms with Crippen LogP contribution in [0.15, 0.2) is 65.6 Å². The van der Waals surface area contributed by atoms with E-state index in [1.54, 1.807) is 43.5 Å². The van der Waals surface area contributed by atoms with Crippen LogP contribution < -0.4 is 15.4 Å². The van der Waals surface area contributed by atoms with Gasteiger partial charge in [0.05, 0.1) is 12.0 Å². The molecule has 0 radical (unpaired) electrons. The summed E-state index contributed by atoms with van der Waals surface area (Å²) in [5.41, 5.74) is 0.847. The first-order valence-electron chi connectivity index (χ1n) is 10.2. The molecule has 33 heavy (non-hydrogen) atoms. The Morgan fingerprint density at radius 2 is 1.88 bits per heavy atom. The molecule has 1 heterocycles. The minimum Gasteiger partial charge on any atom is -0.496 e. The zero-order valence-electron chi connectivity index (χ0n) is 18.0. The van der Waals surface area contributed by atoms with Gasteiger partial charge in [-0.1, -0.05) is 41.9 Å². The average molecular weight is 510 g/mol. The number of halogens is 2. The minimum absolute atomic E-state index is 0. The van der Waals surface area contributed by atoms with E-state index in [4.69, 9.17) is 16.3 Å². The van der Waals surface area contributed by atoms with Crippen LogP contribution in [-0.4, -0.2) is 51.4 Å². The Hall–Kier alpha value is -2.36. The number of benzene rings is 3. The highest BCUT2D eigenvalue weighted by Gasteiger charge is 2.33. The van der Waals surface area contributed by atoms with Crippen molar-refractivity contribution in [2.24, 2.45) is 0 Å². The van der Waals surface area contributed by atoms with Crippen molar-refractivity contribution >= 4 is 50.7 Å². The molecule has 0 spiro atoms. The van der Waals surface area contributed by atoms with Crippen LogP contribution in [0.3, 0.4) is 0 Å². The lowest BCUT2D eigenvalue weighted by molar-refractivity contribution is -0.123. The van der Waals surface area contributed by atoms with E-state index in [1.807, 2.05) is 24.3 Å². The highest BCUT2D eigenvalue weighted by atomic mass is 35.5. The molecular weight excluding hydrogens is 485 g/mol. The van der Waals surface area contributed by atoms with E-state index < -0.39 is 16.1 Å². The molecule has 3 aromatic rings. The van der Waals surface area contributed by atoms with Crippen molar-refractivity contribution in [3.05, 3.63) is 71.2 Å². The summed E-state index contributed by atoms with van der Waals surface area (Å²) in [6.45, 7) is 1.02. The normalized spacial score (nSPS) is 16.7. The van der Waals surface area contributed by atoms with E-state index in [1.165, 1.54) is 4.31 Å². The number of nitrogens with zero attached hydrogens (tertiary/aromatic N) is 1. The summed E-state index contributed by atoms with van der Waals surface area (Å²) in [6.07, 6.45) is 0. The maximum absolute atomic E-state index is 13.3. The Bertz CT molecular complexity index is 1250. The van der Waals surface area contributed by atoms with Gasteiger partial charge in [-0.2, -0.15) is 4.31 Å². The molecule has 1 amide bonds. The number of carbonyl (C=O) groups is 1. The molecule has 10 heteroatoms. The number of methoxy groups -OCH3 is 1. The van der Waals surface area contributed by atoms with Gasteiger partial charge in [-0.05, 0) is 41.1 Å². The summed E-state index contributed by atoms with van der Waals surface area (Å²) < 4.78 is 33.2. The molecule has 3 aromatic carbocycles. The Morgan fingerprint density at radius 3 is 2.67 bits per heavy atom. The van der Waals surface area contributed by atoms with Gasteiger partial charge in [0.1, 0.15) is 11.8 Å². The smallest absolute Gasteiger partial charge is 0.243 e. The Kier molecular flexibility index (Phi) is 8.20. The Labute approximate surface area is 204 Å². The highest BCUT2D eigenvalue weighted by molar-refractivity contribution is 7.89. The summed E-state index contributed by atoms with van der Waals surface area (Å²) in [6, 6.07) is 17.1. The predicted octanol–water partition coefficient (Wildman–Crippen LogP) is 3.20. The van der Waals surface area contributed by atoms with Gasteiger partial charge in [0, 0.05) is 36.8 Å². The third-order valence-electron chi connectivity index (χ3n) is 5.51. The molecule has 1 saturated heterocycles. The quantitative estimate of drug-likeness (QED) is 0.532. The van der Waals surface area contributed by atoms with Crippen molar-refractivity contribution in [3.63, 3.8) is 0 Å². The van der Waals surface area contributed by atoms with Crippen molar-refractivity contribution in [2.45, 2.75) is 17.5 Å². The van der Waals surface area contributed by atoms with Crippen molar-refractivity contribution in [1.29, 1.82) is 0 Å². The number of ether oxygens (including phenoxy) is 1. The molecule has 1 unspecified atom stereocenters. The van der Waals surface area contributed by atoms with Crippen LogP contribution in [0.2, 0.25) is 5.02 Å². The zero-order chi connectivity index (χ0) is 22.7. The number of piperazine rings is 1. The third-order valence-corrected chi connectivity index (χ3v) is 7.61. The van der Waals surface area contributed by atoms with Crippen LogP contribution in [-0.2, 0) is 21.4 Å². The van der Waals surface area contributed by atoms with Crippen molar-refractivity contribution < 1.29 is 17.9 Å². The summed E-state index contributed by atoms with van der Waals surface area (Å²) >= 11 is 6.02. The first-order chi connectivity index (χ1) is 15.4. The van der Waals surface area contributed by atoms with Gasteiger partial charge in [-0.3, -0.25) is 4.79 Å². The molecule has 4 rings (SSSR count). The van der Waals surface area contributed by atoms with E-state index in [0.717, 1.165) is 16.3 Å². The Morgan fingerprint density at radius 1 is 1.15 bits per heavy atom. The van der Waals surface area contributed by atoms with Crippen LogP contribution in [0.4, 0.5) is 0 Å². The highest BCUT2D eigenvalue weighted by Crippen LogP contribution is 2.25. The number of sulfonamides is 1.